The fraction of sp³-hybridized carbons (Fsp3) is 0.417. The van der Waals surface area contributed by atoms with Gasteiger partial charge >= 0.3 is 0 Å². The van der Waals surface area contributed by atoms with E-state index in [1.165, 1.54) is 12.1 Å². The van der Waals surface area contributed by atoms with Crippen LogP contribution < -0.4 is 4.74 Å². The molecule has 1 unspecified atom stereocenters. The fourth-order valence-electron chi connectivity index (χ4n) is 1.11. The van der Waals surface area contributed by atoms with Gasteiger partial charge in [0, 0.05) is 5.92 Å². The molecule has 0 saturated heterocycles. The quantitative estimate of drug-likeness (QED) is 0.793. The average Bonchev–Trinajstić information content (AvgIpc) is 2.26. The molecule has 0 saturated carbocycles. The highest BCUT2D eigenvalue weighted by molar-refractivity contribution is 6.32. The predicted molar refractivity (Wildman–Crippen MR) is 61.4 cm³/mol. The van der Waals surface area contributed by atoms with Gasteiger partial charge in [0.25, 0.3) is 0 Å². The molecule has 0 heterocycles. The lowest BCUT2D eigenvalue weighted by Crippen LogP contribution is -2.18. The number of ether oxygens (including phenoxy) is 1. The number of carbonyl (C=O) groups is 1. The van der Waals surface area contributed by atoms with Gasteiger partial charge in [-0.25, -0.2) is 4.39 Å². The third kappa shape index (κ3) is 3.49. The normalized spacial score (nSPS) is 12.2. The van der Waals surface area contributed by atoms with Crippen LogP contribution in [0.1, 0.15) is 20.3 Å². The van der Waals surface area contributed by atoms with Crippen LogP contribution in [0.4, 0.5) is 4.39 Å². The molecule has 0 bridgehead atoms. The fourth-order valence-corrected chi connectivity index (χ4v) is 1.33. The largest absolute Gasteiger partial charge is 0.484 e. The Morgan fingerprint density at radius 2 is 2.25 bits per heavy atom. The van der Waals surface area contributed by atoms with E-state index < -0.39 is 5.82 Å². The second-order valence-corrected chi connectivity index (χ2v) is 4.05. The summed E-state index contributed by atoms with van der Waals surface area (Å²) in [5.74, 6) is -0.104. The lowest BCUT2D eigenvalue weighted by atomic mass is 10.1. The minimum absolute atomic E-state index is 0.0166. The highest BCUT2D eigenvalue weighted by Crippen LogP contribution is 2.24. The molecule has 0 amide bonds. The van der Waals surface area contributed by atoms with Crippen molar-refractivity contribution < 1.29 is 13.9 Å². The van der Waals surface area contributed by atoms with Crippen molar-refractivity contribution in [1.29, 1.82) is 0 Å². The smallest absolute Gasteiger partial charge is 0.172 e. The zero-order valence-corrected chi connectivity index (χ0v) is 10.1. The zero-order chi connectivity index (χ0) is 12.1. The van der Waals surface area contributed by atoms with E-state index >= 15 is 0 Å². The van der Waals surface area contributed by atoms with Crippen molar-refractivity contribution in [3.05, 3.63) is 29.0 Å². The molecule has 0 aliphatic rings. The van der Waals surface area contributed by atoms with Crippen molar-refractivity contribution in [2.75, 3.05) is 6.61 Å². The minimum Gasteiger partial charge on any atom is -0.484 e. The van der Waals surface area contributed by atoms with Gasteiger partial charge < -0.3 is 4.74 Å². The Balaban J connectivity index is 2.58. The summed E-state index contributed by atoms with van der Waals surface area (Å²) in [4.78, 5) is 11.5. The lowest BCUT2D eigenvalue weighted by Gasteiger charge is -2.10. The monoisotopic (exact) mass is 244 g/mol. The maximum Gasteiger partial charge on any atom is 0.172 e. The van der Waals surface area contributed by atoms with Gasteiger partial charge in [0.1, 0.15) is 18.2 Å². The molecule has 0 spiro atoms. The molecule has 1 aromatic rings. The summed E-state index contributed by atoms with van der Waals surface area (Å²) < 4.78 is 18.0. The van der Waals surface area contributed by atoms with Crippen LogP contribution in [0.25, 0.3) is 0 Å². The number of hydrogen-bond acceptors (Lipinski definition) is 2. The number of halogens is 2. The molecule has 0 radical (unpaired) electrons. The summed E-state index contributed by atoms with van der Waals surface area (Å²) in [7, 11) is 0. The highest BCUT2D eigenvalue weighted by atomic mass is 35.5. The van der Waals surface area contributed by atoms with Crippen molar-refractivity contribution in [3.63, 3.8) is 0 Å². The van der Waals surface area contributed by atoms with Crippen LogP contribution in [0.2, 0.25) is 5.02 Å². The molecule has 4 heteroatoms. The van der Waals surface area contributed by atoms with Crippen LogP contribution in [0, 0.1) is 11.7 Å². The Kier molecular flexibility index (Phi) is 4.74. The number of hydrogen-bond donors (Lipinski definition) is 0. The Morgan fingerprint density at radius 1 is 1.56 bits per heavy atom. The highest BCUT2D eigenvalue weighted by Gasteiger charge is 2.12. The molecule has 0 N–H and O–H groups in total. The van der Waals surface area contributed by atoms with E-state index in [2.05, 4.69) is 0 Å². The van der Waals surface area contributed by atoms with Crippen LogP contribution in [0.5, 0.6) is 5.75 Å². The topological polar surface area (TPSA) is 26.3 Å². The first kappa shape index (κ1) is 13.0. The van der Waals surface area contributed by atoms with Gasteiger partial charge in [-0.1, -0.05) is 25.4 Å². The second-order valence-electron chi connectivity index (χ2n) is 3.64. The van der Waals surface area contributed by atoms with Crippen molar-refractivity contribution >= 4 is 17.4 Å². The third-order valence-corrected chi connectivity index (χ3v) is 2.72. The standard InChI is InChI=1S/C12H14ClFO2/c1-3-8(2)11(15)7-16-12-5-4-9(14)6-10(12)13/h4-6,8H,3,7H2,1-2H3. The molecule has 1 rings (SSSR count). The molecule has 88 valence electrons. The van der Waals surface area contributed by atoms with Gasteiger partial charge in [-0.2, -0.15) is 0 Å². The van der Waals surface area contributed by atoms with Gasteiger partial charge in [-0.15, -0.1) is 0 Å². The molecule has 2 nitrogen and oxygen atoms in total. The van der Waals surface area contributed by atoms with Crippen molar-refractivity contribution in [3.8, 4) is 5.75 Å². The van der Waals surface area contributed by atoms with Crippen LogP contribution in [-0.4, -0.2) is 12.4 Å². The van der Waals surface area contributed by atoms with E-state index in [4.69, 9.17) is 16.3 Å². The second kappa shape index (κ2) is 5.85. The van der Waals surface area contributed by atoms with E-state index in [1.54, 1.807) is 0 Å². The Morgan fingerprint density at radius 3 is 2.81 bits per heavy atom. The minimum atomic E-state index is -0.425. The van der Waals surface area contributed by atoms with Crippen molar-refractivity contribution in [1.82, 2.24) is 0 Å². The Bertz CT molecular complexity index is 379. The van der Waals surface area contributed by atoms with Gasteiger partial charge in [0.15, 0.2) is 5.78 Å². The van der Waals surface area contributed by atoms with E-state index in [0.717, 1.165) is 12.5 Å². The van der Waals surface area contributed by atoms with Crippen molar-refractivity contribution in [2.24, 2.45) is 5.92 Å². The molecule has 16 heavy (non-hydrogen) atoms. The molecule has 1 aromatic carbocycles. The summed E-state index contributed by atoms with van der Waals surface area (Å²) in [6.07, 6.45) is 0.777. The summed E-state index contributed by atoms with van der Waals surface area (Å²) in [5, 5.41) is 0.178. The van der Waals surface area contributed by atoms with Gasteiger partial charge in [-0.3, -0.25) is 4.79 Å². The zero-order valence-electron chi connectivity index (χ0n) is 9.30. The summed E-state index contributed by atoms with van der Waals surface area (Å²) in [6.45, 7) is 3.76. The number of rotatable bonds is 5. The van der Waals surface area contributed by atoms with Crippen LogP contribution in [0.3, 0.4) is 0 Å². The number of ketones is 1. The first-order valence-corrected chi connectivity index (χ1v) is 5.53. The van der Waals surface area contributed by atoms with E-state index in [9.17, 15) is 9.18 Å². The number of Topliss-reactive ketones (excluding diaryl/α,β-unsaturated/α-hetero) is 1. The molecular formula is C12H14ClFO2. The van der Waals surface area contributed by atoms with Crippen LogP contribution in [-0.2, 0) is 4.79 Å². The van der Waals surface area contributed by atoms with E-state index in [-0.39, 0.29) is 23.3 Å². The van der Waals surface area contributed by atoms with Crippen LogP contribution >= 0.6 is 11.6 Å². The van der Waals surface area contributed by atoms with Crippen molar-refractivity contribution in [2.45, 2.75) is 20.3 Å². The maximum absolute atomic E-state index is 12.7. The molecular weight excluding hydrogens is 231 g/mol. The number of benzene rings is 1. The summed E-state index contributed by atoms with van der Waals surface area (Å²) in [6, 6.07) is 3.82. The van der Waals surface area contributed by atoms with Gasteiger partial charge in [-0.05, 0) is 24.6 Å². The first-order valence-electron chi connectivity index (χ1n) is 5.15. The first-order chi connectivity index (χ1) is 7.54. The van der Waals surface area contributed by atoms with Crippen LogP contribution in [0.15, 0.2) is 18.2 Å². The summed E-state index contributed by atoms with van der Waals surface area (Å²) in [5.41, 5.74) is 0. The molecule has 1 atom stereocenters. The summed E-state index contributed by atoms with van der Waals surface area (Å²) >= 11 is 5.75. The number of carbonyl (C=O) groups excluding carboxylic acids is 1. The maximum atomic E-state index is 12.7. The van der Waals surface area contributed by atoms with Gasteiger partial charge in [0.05, 0.1) is 5.02 Å². The predicted octanol–water partition coefficient (Wildman–Crippen LogP) is 3.47. The Labute approximate surface area is 99.4 Å². The molecule has 0 fully saturated rings. The molecule has 0 aliphatic heterocycles. The Hall–Kier alpha value is -1.09. The lowest BCUT2D eigenvalue weighted by molar-refractivity contribution is -0.124. The molecule has 0 aromatic heterocycles. The average molecular weight is 245 g/mol. The van der Waals surface area contributed by atoms with Gasteiger partial charge in [0.2, 0.25) is 0 Å². The third-order valence-electron chi connectivity index (χ3n) is 2.43. The SMILES string of the molecule is CCC(C)C(=O)COc1ccc(F)cc1Cl. The molecule has 0 aliphatic carbocycles. The van der Waals surface area contributed by atoms with E-state index in [0.29, 0.717) is 5.75 Å². The van der Waals surface area contributed by atoms with E-state index in [1.807, 2.05) is 13.8 Å².